The van der Waals surface area contributed by atoms with E-state index >= 15 is 0 Å². The number of benzene rings is 1. The highest BCUT2D eigenvalue weighted by Crippen LogP contribution is 2.25. The van der Waals surface area contributed by atoms with Crippen molar-refractivity contribution in [3.05, 3.63) is 48.4 Å². The Balaban J connectivity index is 1.67. The second-order valence-corrected chi connectivity index (χ2v) is 10.00. The van der Waals surface area contributed by atoms with E-state index in [9.17, 15) is 16.8 Å². The first-order valence-electron chi connectivity index (χ1n) is 7.63. The number of sulfonamides is 1. The minimum absolute atomic E-state index is 0.00813. The van der Waals surface area contributed by atoms with Gasteiger partial charge < -0.3 is 4.98 Å². The number of H-pyrrole nitrogens is 1. The van der Waals surface area contributed by atoms with Gasteiger partial charge in [0.25, 0.3) is 10.0 Å². The topological polar surface area (TPSA) is 100 Å². The summed E-state index contributed by atoms with van der Waals surface area (Å²) in [6, 6.07) is 9.04. The number of hydrogen-bond donors (Lipinski definition) is 1. The molecule has 0 spiro atoms. The van der Waals surface area contributed by atoms with E-state index in [2.05, 4.69) is 9.97 Å². The number of imidazole rings is 1. The molecular weight excluding hydrogens is 350 g/mol. The summed E-state index contributed by atoms with van der Waals surface area (Å²) in [6.07, 6.45) is 3.18. The van der Waals surface area contributed by atoms with Crippen LogP contribution in [0.3, 0.4) is 0 Å². The monoisotopic (exact) mass is 369 g/mol. The molecule has 1 aromatic heterocycles. The zero-order valence-corrected chi connectivity index (χ0v) is 14.6. The molecule has 1 N–H and O–H groups in total. The first kappa shape index (κ1) is 17.1. The van der Waals surface area contributed by atoms with Crippen LogP contribution in [-0.2, 0) is 25.6 Å². The summed E-state index contributed by atoms with van der Waals surface area (Å²) in [5.74, 6) is -0.00813. The van der Waals surface area contributed by atoms with Gasteiger partial charge in [-0.3, -0.25) is 0 Å². The molecule has 0 amide bonds. The first-order chi connectivity index (χ1) is 11.4. The molecule has 0 aliphatic carbocycles. The van der Waals surface area contributed by atoms with Crippen molar-refractivity contribution in [1.29, 1.82) is 0 Å². The second kappa shape index (κ2) is 6.66. The summed E-state index contributed by atoms with van der Waals surface area (Å²) >= 11 is 0. The third-order valence-corrected chi connectivity index (χ3v) is 8.26. The summed E-state index contributed by atoms with van der Waals surface area (Å²) in [5.41, 5.74) is 0.755. The normalized spacial score (nSPS) is 17.8. The minimum atomic E-state index is -3.63. The summed E-state index contributed by atoms with van der Waals surface area (Å²) in [5, 5.41) is -0.473. The Bertz CT molecular complexity index is 870. The molecule has 3 rings (SSSR count). The van der Waals surface area contributed by atoms with Crippen molar-refractivity contribution < 1.29 is 16.8 Å². The van der Waals surface area contributed by atoms with Crippen LogP contribution in [0.2, 0.25) is 0 Å². The summed E-state index contributed by atoms with van der Waals surface area (Å²) in [6.45, 7) is 0.389. The number of nitrogens with one attached hydrogen (secondary N) is 1. The van der Waals surface area contributed by atoms with Gasteiger partial charge in [-0.05, 0) is 18.4 Å². The Kier molecular flexibility index (Phi) is 4.75. The lowest BCUT2D eigenvalue weighted by Crippen LogP contribution is -2.42. The van der Waals surface area contributed by atoms with Crippen molar-refractivity contribution in [2.45, 2.75) is 28.9 Å². The number of nitrogens with zero attached hydrogens (tertiary/aromatic N) is 2. The van der Waals surface area contributed by atoms with Crippen LogP contribution < -0.4 is 0 Å². The standard InChI is InChI=1S/C15H19N3O4S2/c19-23(20,11-13-4-2-1-3-5-13)14-6-8-18(9-7-14)24(21,22)15-10-16-12-17-15/h1-5,10,12,14H,6-9,11H2,(H,16,17). The smallest absolute Gasteiger partial charge is 0.260 e. The van der Waals surface area contributed by atoms with Crippen LogP contribution in [0.15, 0.2) is 47.9 Å². The molecule has 1 aliphatic heterocycles. The SMILES string of the molecule is O=S(=O)(Cc1ccccc1)C1CCN(S(=O)(=O)c2cnc[nH]2)CC1. The number of aromatic nitrogens is 2. The molecule has 1 fully saturated rings. The van der Waals surface area contributed by atoms with Crippen LogP contribution in [-0.4, -0.2) is 49.4 Å². The molecule has 0 unspecified atom stereocenters. The number of sulfone groups is 1. The largest absolute Gasteiger partial charge is 0.335 e. The molecule has 7 nitrogen and oxygen atoms in total. The molecule has 1 aromatic carbocycles. The molecule has 130 valence electrons. The minimum Gasteiger partial charge on any atom is -0.335 e. The maximum atomic E-state index is 12.6. The van der Waals surface area contributed by atoms with Crippen LogP contribution in [0.5, 0.6) is 0 Å². The molecular formula is C15H19N3O4S2. The van der Waals surface area contributed by atoms with Gasteiger partial charge in [0.15, 0.2) is 14.9 Å². The summed E-state index contributed by atoms with van der Waals surface area (Å²) in [7, 11) is -6.93. The zero-order valence-electron chi connectivity index (χ0n) is 13.0. The van der Waals surface area contributed by atoms with Crippen molar-refractivity contribution in [2.75, 3.05) is 13.1 Å². The maximum Gasteiger partial charge on any atom is 0.260 e. The Labute approximate surface area is 141 Å². The lowest BCUT2D eigenvalue weighted by molar-refractivity contribution is 0.344. The Hall–Kier alpha value is -1.71. The number of rotatable bonds is 5. The van der Waals surface area contributed by atoms with Crippen molar-refractivity contribution in [3.8, 4) is 0 Å². The van der Waals surface area contributed by atoms with Gasteiger partial charge in [0.05, 0.1) is 23.5 Å². The fraction of sp³-hybridized carbons (Fsp3) is 0.400. The van der Waals surface area contributed by atoms with Gasteiger partial charge in [0.2, 0.25) is 0 Å². The predicted octanol–water partition coefficient (Wildman–Crippen LogP) is 1.18. The predicted molar refractivity (Wildman–Crippen MR) is 89.4 cm³/mol. The van der Waals surface area contributed by atoms with E-state index in [-0.39, 0.29) is 23.9 Å². The average molecular weight is 369 g/mol. The van der Waals surface area contributed by atoms with Crippen LogP contribution in [0.1, 0.15) is 18.4 Å². The summed E-state index contributed by atoms with van der Waals surface area (Å²) in [4.78, 5) is 6.32. The number of piperidine rings is 1. The maximum absolute atomic E-state index is 12.6. The molecule has 9 heteroatoms. The molecule has 1 aliphatic rings. The molecule has 0 bridgehead atoms. The van der Waals surface area contributed by atoms with Crippen molar-refractivity contribution in [2.24, 2.45) is 0 Å². The van der Waals surface area contributed by atoms with E-state index in [1.165, 1.54) is 16.8 Å². The third kappa shape index (κ3) is 3.52. The second-order valence-electron chi connectivity index (χ2n) is 5.81. The van der Waals surface area contributed by atoms with E-state index in [1.807, 2.05) is 18.2 Å². The van der Waals surface area contributed by atoms with Gasteiger partial charge in [-0.1, -0.05) is 30.3 Å². The molecule has 24 heavy (non-hydrogen) atoms. The molecule has 2 heterocycles. The lowest BCUT2D eigenvalue weighted by atomic mass is 10.2. The van der Waals surface area contributed by atoms with Crippen LogP contribution >= 0.6 is 0 Å². The average Bonchev–Trinajstić information content (AvgIpc) is 3.11. The van der Waals surface area contributed by atoms with E-state index in [1.54, 1.807) is 12.1 Å². The Morgan fingerprint density at radius 1 is 1.08 bits per heavy atom. The first-order valence-corrected chi connectivity index (χ1v) is 10.8. The summed E-state index contributed by atoms with van der Waals surface area (Å²) < 4.78 is 51.2. The van der Waals surface area contributed by atoms with E-state index in [4.69, 9.17) is 0 Å². The third-order valence-electron chi connectivity index (χ3n) is 4.21. The van der Waals surface area contributed by atoms with Gasteiger partial charge in [-0.2, -0.15) is 4.31 Å². The fourth-order valence-corrected chi connectivity index (χ4v) is 6.07. The highest BCUT2D eigenvalue weighted by atomic mass is 32.2. The molecule has 0 atom stereocenters. The van der Waals surface area contributed by atoms with Crippen LogP contribution in [0, 0.1) is 0 Å². The van der Waals surface area contributed by atoms with Gasteiger partial charge >= 0.3 is 0 Å². The van der Waals surface area contributed by atoms with E-state index < -0.39 is 25.1 Å². The molecule has 0 saturated carbocycles. The zero-order chi connectivity index (χ0) is 17.2. The fourth-order valence-electron chi connectivity index (χ4n) is 2.88. The van der Waals surface area contributed by atoms with E-state index in [0.29, 0.717) is 12.8 Å². The van der Waals surface area contributed by atoms with Gasteiger partial charge in [0, 0.05) is 13.1 Å². The molecule has 2 aromatic rings. The number of aromatic amines is 1. The van der Waals surface area contributed by atoms with Crippen LogP contribution in [0.25, 0.3) is 0 Å². The van der Waals surface area contributed by atoms with Crippen molar-refractivity contribution in [3.63, 3.8) is 0 Å². The van der Waals surface area contributed by atoms with Gasteiger partial charge in [0.1, 0.15) is 0 Å². The van der Waals surface area contributed by atoms with Crippen molar-refractivity contribution >= 4 is 19.9 Å². The van der Waals surface area contributed by atoms with Gasteiger partial charge in [-0.15, -0.1) is 0 Å². The highest BCUT2D eigenvalue weighted by molar-refractivity contribution is 7.91. The highest BCUT2D eigenvalue weighted by Gasteiger charge is 2.35. The molecule has 0 radical (unpaired) electrons. The van der Waals surface area contributed by atoms with Crippen LogP contribution in [0.4, 0.5) is 0 Å². The van der Waals surface area contributed by atoms with Gasteiger partial charge in [-0.25, -0.2) is 21.8 Å². The Morgan fingerprint density at radius 2 is 1.75 bits per heavy atom. The molecule has 1 saturated heterocycles. The van der Waals surface area contributed by atoms with Crippen molar-refractivity contribution in [1.82, 2.24) is 14.3 Å². The quantitative estimate of drug-likeness (QED) is 0.853. The number of hydrogen-bond acceptors (Lipinski definition) is 5. The van der Waals surface area contributed by atoms with E-state index in [0.717, 1.165) is 5.56 Å². The Morgan fingerprint density at radius 3 is 2.33 bits per heavy atom. The lowest BCUT2D eigenvalue weighted by Gasteiger charge is -2.30.